The van der Waals surface area contributed by atoms with Gasteiger partial charge in [0.15, 0.2) is 0 Å². The minimum Gasteiger partial charge on any atom is -0.469 e. The fraction of sp³-hybridized carbons (Fsp3) is 0.583. The van der Waals surface area contributed by atoms with Crippen molar-refractivity contribution in [3.05, 3.63) is 22.2 Å². The van der Waals surface area contributed by atoms with Crippen LogP contribution in [-0.2, 0) is 16.0 Å². The average Bonchev–Trinajstić information content (AvgIpc) is 2.37. The van der Waals surface area contributed by atoms with Crippen LogP contribution >= 0.6 is 0 Å². The SMILES string of the molecule is CCc1nc(N(C)CCCC(=O)OC)cc(=O)[nH]1. The molecule has 6 nitrogen and oxygen atoms in total. The lowest BCUT2D eigenvalue weighted by Gasteiger charge is -2.17. The predicted octanol–water partition coefficient (Wildman–Crippen LogP) is 0.722. The zero-order valence-corrected chi connectivity index (χ0v) is 11.0. The normalized spacial score (nSPS) is 10.2. The van der Waals surface area contributed by atoms with Crippen molar-refractivity contribution < 1.29 is 9.53 Å². The first-order valence-corrected chi connectivity index (χ1v) is 5.95. The highest BCUT2D eigenvalue weighted by atomic mass is 16.5. The predicted molar refractivity (Wildman–Crippen MR) is 68.8 cm³/mol. The second-order valence-electron chi connectivity index (χ2n) is 4.01. The summed E-state index contributed by atoms with van der Waals surface area (Å²) in [6, 6.07) is 1.46. The van der Waals surface area contributed by atoms with Gasteiger partial charge in [-0.2, -0.15) is 0 Å². The van der Waals surface area contributed by atoms with E-state index in [9.17, 15) is 9.59 Å². The molecule has 1 N–H and O–H groups in total. The number of nitrogens with zero attached hydrogens (tertiary/aromatic N) is 2. The summed E-state index contributed by atoms with van der Waals surface area (Å²) in [5.74, 6) is 1.06. The summed E-state index contributed by atoms with van der Waals surface area (Å²) in [4.78, 5) is 31.2. The van der Waals surface area contributed by atoms with E-state index in [1.165, 1.54) is 13.2 Å². The van der Waals surface area contributed by atoms with Crippen LogP contribution in [-0.4, -0.2) is 36.6 Å². The Morgan fingerprint density at radius 1 is 1.56 bits per heavy atom. The van der Waals surface area contributed by atoms with Crippen molar-refractivity contribution in [2.45, 2.75) is 26.2 Å². The molecular weight excluding hydrogens is 234 g/mol. The average molecular weight is 253 g/mol. The largest absolute Gasteiger partial charge is 0.469 e. The Morgan fingerprint density at radius 2 is 2.28 bits per heavy atom. The summed E-state index contributed by atoms with van der Waals surface area (Å²) >= 11 is 0. The maximum Gasteiger partial charge on any atom is 0.305 e. The zero-order valence-electron chi connectivity index (χ0n) is 11.0. The molecule has 1 aromatic heterocycles. The number of aromatic nitrogens is 2. The van der Waals surface area contributed by atoms with Gasteiger partial charge in [-0.1, -0.05) is 6.92 Å². The van der Waals surface area contributed by atoms with E-state index in [1.807, 2.05) is 18.9 Å². The smallest absolute Gasteiger partial charge is 0.305 e. The minimum absolute atomic E-state index is 0.156. The van der Waals surface area contributed by atoms with E-state index in [0.717, 1.165) is 0 Å². The molecule has 100 valence electrons. The summed E-state index contributed by atoms with van der Waals surface area (Å²) in [5, 5.41) is 0. The summed E-state index contributed by atoms with van der Waals surface area (Å²) in [7, 11) is 3.22. The van der Waals surface area contributed by atoms with Crippen LogP contribution in [0.5, 0.6) is 0 Å². The summed E-state index contributed by atoms with van der Waals surface area (Å²) in [5.41, 5.74) is -0.156. The molecule has 1 rings (SSSR count). The fourth-order valence-corrected chi connectivity index (χ4v) is 1.53. The molecule has 6 heteroatoms. The lowest BCUT2D eigenvalue weighted by molar-refractivity contribution is -0.140. The molecule has 1 aromatic rings. The third-order valence-electron chi connectivity index (χ3n) is 2.61. The maximum atomic E-state index is 11.4. The molecule has 0 unspecified atom stereocenters. The Balaban J connectivity index is 2.61. The first-order valence-electron chi connectivity index (χ1n) is 5.95. The molecule has 0 amide bonds. The fourth-order valence-electron chi connectivity index (χ4n) is 1.53. The highest BCUT2D eigenvalue weighted by molar-refractivity contribution is 5.69. The zero-order chi connectivity index (χ0) is 13.5. The maximum absolute atomic E-state index is 11.4. The molecule has 0 fully saturated rings. The molecule has 0 spiro atoms. The molecule has 18 heavy (non-hydrogen) atoms. The van der Waals surface area contributed by atoms with E-state index in [2.05, 4.69) is 14.7 Å². The van der Waals surface area contributed by atoms with Gasteiger partial charge in [-0.25, -0.2) is 4.98 Å². The van der Waals surface area contributed by atoms with E-state index in [-0.39, 0.29) is 11.5 Å². The molecule has 0 saturated carbocycles. The van der Waals surface area contributed by atoms with Gasteiger partial charge >= 0.3 is 5.97 Å². The standard InChI is InChI=1S/C12H19N3O3/c1-4-9-13-10(8-11(16)14-9)15(2)7-5-6-12(17)18-3/h8H,4-7H2,1-3H3,(H,13,14,16). The van der Waals surface area contributed by atoms with Gasteiger partial charge in [0.05, 0.1) is 7.11 Å². The molecule has 0 radical (unpaired) electrons. The van der Waals surface area contributed by atoms with Gasteiger partial charge in [0.2, 0.25) is 0 Å². The Morgan fingerprint density at radius 3 is 2.89 bits per heavy atom. The Bertz CT molecular complexity index is 456. The van der Waals surface area contributed by atoms with Gasteiger partial charge in [-0.15, -0.1) is 0 Å². The van der Waals surface area contributed by atoms with E-state index >= 15 is 0 Å². The van der Waals surface area contributed by atoms with Crippen LogP contribution in [0.15, 0.2) is 10.9 Å². The quantitative estimate of drug-likeness (QED) is 0.756. The summed E-state index contributed by atoms with van der Waals surface area (Å²) in [6.45, 7) is 2.58. The Hall–Kier alpha value is -1.85. The molecule has 0 aliphatic carbocycles. The van der Waals surface area contributed by atoms with E-state index in [0.29, 0.717) is 37.4 Å². The number of nitrogens with one attached hydrogen (secondary N) is 1. The van der Waals surface area contributed by atoms with Crippen molar-refractivity contribution in [1.29, 1.82) is 0 Å². The van der Waals surface area contributed by atoms with Gasteiger partial charge in [0, 0.05) is 32.5 Å². The molecule has 0 aromatic carbocycles. The van der Waals surface area contributed by atoms with Crippen molar-refractivity contribution in [1.82, 2.24) is 9.97 Å². The summed E-state index contributed by atoms with van der Waals surface area (Å²) in [6.07, 6.45) is 1.71. The number of ether oxygens (including phenoxy) is 1. The monoisotopic (exact) mass is 253 g/mol. The van der Waals surface area contributed by atoms with Crippen molar-refractivity contribution in [2.75, 3.05) is 25.6 Å². The van der Waals surface area contributed by atoms with E-state index in [4.69, 9.17) is 0 Å². The van der Waals surface area contributed by atoms with E-state index < -0.39 is 0 Å². The van der Waals surface area contributed by atoms with Crippen LogP contribution < -0.4 is 10.5 Å². The molecule has 1 heterocycles. The van der Waals surface area contributed by atoms with Crippen LogP contribution in [0.1, 0.15) is 25.6 Å². The molecule has 0 aliphatic heterocycles. The van der Waals surface area contributed by atoms with Crippen molar-refractivity contribution >= 4 is 11.8 Å². The van der Waals surface area contributed by atoms with Crippen LogP contribution in [0.4, 0.5) is 5.82 Å². The number of aromatic amines is 1. The lowest BCUT2D eigenvalue weighted by Crippen LogP contribution is -2.24. The topological polar surface area (TPSA) is 75.3 Å². The number of carbonyl (C=O) groups excluding carboxylic acids is 1. The van der Waals surface area contributed by atoms with Gasteiger partial charge in [-0.3, -0.25) is 9.59 Å². The van der Waals surface area contributed by atoms with Crippen LogP contribution in [0, 0.1) is 0 Å². The second kappa shape index (κ2) is 6.78. The van der Waals surface area contributed by atoms with Crippen LogP contribution in [0.2, 0.25) is 0 Å². The molecule has 0 bridgehead atoms. The summed E-state index contributed by atoms with van der Waals surface area (Å²) < 4.78 is 4.57. The molecule has 0 saturated heterocycles. The number of hydrogen-bond acceptors (Lipinski definition) is 5. The molecule has 0 atom stereocenters. The molecular formula is C12H19N3O3. The third-order valence-corrected chi connectivity index (χ3v) is 2.61. The number of H-pyrrole nitrogens is 1. The number of hydrogen-bond donors (Lipinski definition) is 1. The Labute approximate surface area is 106 Å². The van der Waals surface area contributed by atoms with Gasteiger partial charge in [-0.05, 0) is 6.42 Å². The van der Waals surface area contributed by atoms with Crippen molar-refractivity contribution in [3.63, 3.8) is 0 Å². The van der Waals surface area contributed by atoms with Crippen molar-refractivity contribution in [2.24, 2.45) is 0 Å². The first-order chi connectivity index (χ1) is 8.56. The number of rotatable bonds is 6. The van der Waals surface area contributed by atoms with Gasteiger partial charge in [0.1, 0.15) is 11.6 Å². The first kappa shape index (κ1) is 14.2. The van der Waals surface area contributed by atoms with Crippen molar-refractivity contribution in [3.8, 4) is 0 Å². The third kappa shape index (κ3) is 4.20. The van der Waals surface area contributed by atoms with Crippen LogP contribution in [0.3, 0.4) is 0 Å². The second-order valence-corrected chi connectivity index (χ2v) is 4.01. The number of esters is 1. The van der Waals surface area contributed by atoms with E-state index in [1.54, 1.807) is 0 Å². The lowest BCUT2D eigenvalue weighted by atomic mass is 10.3. The number of anilines is 1. The number of carbonyl (C=O) groups is 1. The number of methoxy groups -OCH3 is 1. The Kier molecular flexibility index (Phi) is 5.35. The molecule has 0 aliphatic rings. The minimum atomic E-state index is -0.225. The van der Waals surface area contributed by atoms with Gasteiger partial charge < -0.3 is 14.6 Å². The number of aryl methyl sites for hydroxylation is 1. The highest BCUT2D eigenvalue weighted by Gasteiger charge is 2.07. The van der Waals surface area contributed by atoms with Crippen LogP contribution in [0.25, 0.3) is 0 Å². The highest BCUT2D eigenvalue weighted by Crippen LogP contribution is 2.07. The van der Waals surface area contributed by atoms with Gasteiger partial charge in [0.25, 0.3) is 5.56 Å².